The Morgan fingerprint density at radius 1 is 1.37 bits per heavy atom. The second-order valence-electron chi connectivity index (χ2n) is 4.26. The van der Waals surface area contributed by atoms with E-state index in [-0.39, 0.29) is 0 Å². The SMILES string of the molecule is CCNCc1ccc(Sc2nc(C)c(C)o2)cc1Br. The molecule has 2 rings (SSSR count). The summed E-state index contributed by atoms with van der Waals surface area (Å²) in [6.45, 7) is 7.84. The summed E-state index contributed by atoms with van der Waals surface area (Å²) in [6.07, 6.45) is 0. The van der Waals surface area contributed by atoms with E-state index < -0.39 is 0 Å². The largest absolute Gasteiger partial charge is 0.436 e. The van der Waals surface area contributed by atoms with Crippen molar-refractivity contribution in [1.29, 1.82) is 0 Å². The Morgan fingerprint density at radius 3 is 2.74 bits per heavy atom. The van der Waals surface area contributed by atoms with Crippen LogP contribution in [-0.2, 0) is 6.54 Å². The summed E-state index contributed by atoms with van der Waals surface area (Å²) in [7, 11) is 0. The third-order valence-electron chi connectivity index (χ3n) is 2.80. The molecule has 0 saturated heterocycles. The lowest BCUT2D eigenvalue weighted by Gasteiger charge is -2.06. The lowest BCUT2D eigenvalue weighted by Crippen LogP contribution is -2.11. The normalized spacial score (nSPS) is 10.9. The predicted molar refractivity (Wildman–Crippen MR) is 81.6 cm³/mol. The molecular weight excluding hydrogens is 324 g/mol. The van der Waals surface area contributed by atoms with Crippen LogP contribution in [0.4, 0.5) is 0 Å². The van der Waals surface area contributed by atoms with Crippen molar-refractivity contribution in [2.75, 3.05) is 6.54 Å². The van der Waals surface area contributed by atoms with Gasteiger partial charge in [0.2, 0.25) is 0 Å². The van der Waals surface area contributed by atoms with Gasteiger partial charge in [0.05, 0.1) is 5.69 Å². The number of nitrogens with zero attached hydrogens (tertiary/aromatic N) is 1. The second kappa shape index (κ2) is 6.59. The van der Waals surface area contributed by atoms with Crippen molar-refractivity contribution < 1.29 is 4.42 Å². The first-order valence-electron chi connectivity index (χ1n) is 6.21. The molecule has 1 N–H and O–H groups in total. The Labute approximate surface area is 126 Å². The van der Waals surface area contributed by atoms with E-state index in [1.807, 2.05) is 13.8 Å². The smallest absolute Gasteiger partial charge is 0.260 e. The highest BCUT2D eigenvalue weighted by Crippen LogP contribution is 2.31. The average molecular weight is 341 g/mol. The minimum atomic E-state index is 0.696. The van der Waals surface area contributed by atoms with E-state index in [1.54, 1.807) is 11.8 Å². The summed E-state index contributed by atoms with van der Waals surface area (Å²) >= 11 is 5.15. The van der Waals surface area contributed by atoms with Crippen molar-refractivity contribution in [3.8, 4) is 0 Å². The van der Waals surface area contributed by atoms with Gasteiger partial charge >= 0.3 is 0 Å². The number of aryl methyl sites for hydroxylation is 2. The standard InChI is InChI=1S/C14H17BrN2OS/c1-4-16-8-11-5-6-12(7-13(11)15)19-14-17-9(2)10(3)18-14/h5-7,16H,4,8H2,1-3H3. The lowest BCUT2D eigenvalue weighted by atomic mass is 10.2. The zero-order valence-electron chi connectivity index (χ0n) is 11.3. The lowest BCUT2D eigenvalue weighted by molar-refractivity contribution is 0.431. The first-order valence-corrected chi connectivity index (χ1v) is 7.82. The van der Waals surface area contributed by atoms with Gasteiger partial charge in [0.15, 0.2) is 0 Å². The molecule has 0 amide bonds. The van der Waals surface area contributed by atoms with Crippen molar-refractivity contribution in [3.63, 3.8) is 0 Å². The Balaban J connectivity index is 2.11. The molecule has 0 saturated carbocycles. The summed E-state index contributed by atoms with van der Waals surface area (Å²) in [6, 6.07) is 6.32. The Bertz CT molecular complexity index is 549. The van der Waals surface area contributed by atoms with Crippen molar-refractivity contribution in [3.05, 3.63) is 39.7 Å². The number of hydrogen-bond donors (Lipinski definition) is 1. The Kier molecular flexibility index (Phi) is 5.07. The average Bonchev–Trinajstić information content (AvgIpc) is 2.67. The summed E-state index contributed by atoms with van der Waals surface area (Å²) in [5.41, 5.74) is 2.20. The second-order valence-corrected chi connectivity index (χ2v) is 6.14. The van der Waals surface area contributed by atoms with Gasteiger partial charge in [-0.15, -0.1) is 0 Å². The van der Waals surface area contributed by atoms with Crippen LogP contribution in [0.15, 0.2) is 37.2 Å². The van der Waals surface area contributed by atoms with Crippen LogP contribution in [0.5, 0.6) is 0 Å². The summed E-state index contributed by atoms with van der Waals surface area (Å²) in [5.74, 6) is 0.880. The van der Waals surface area contributed by atoms with Crippen molar-refractivity contribution in [2.45, 2.75) is 37.4 Å². The van der Waals surface area contributed by atoms with Crippen LogP contribution in [-0.4, -0.2) is 11.5 Å². The molecule has 0 spiro atoms. The maximum Gasteiger partial charge on any atom is 0.260 e. The molecule has 19 heavy (non-hydrogen) atoms. The van der Waals surface area contributed by atoms with Gasteiger partial charge in [-0.1, -0.05) is 28.9 Å². The summed E-state index contributed by atoms with van der Waals surface area (Å²) in [5, 5.41) is 4.01. The van der Waals surface area contributed by atoms with Crippen LogP contribution >= 0.6 is 27.7 Å². The van der Waals surface area contributed by atoms with Gasteiger partial charge in [-0.25, -0.2) is 4.98 Å². The molecule has 0 aliphatic rings. The van der Waals surface area contributed by atoms with Gasteiger partial charge < -0.3 is 9.73 Å². The highest BCUT2D eigenvalue weighted by atomic mass is 79.9. The van der Waals surface area contributed by atoms with E-state index in [4.69, 9.17) is 4.42 Å². The number of aromatic nitrogens is 1. The van der Waals surface area contributed by atoms with E-state index >= 15 is 0 Å². The predicted octanol–water partition coefficient (Wildman–Crippen LogP) is 4.31. The van der Waals surface area contributed by atoms with Crippen LogP contribution in [0.2, 0.25) is 0 Å². The topological polar surface area (TPSA) is 38.1 Å². The quantitative estimate of drug-likeness (QED) is 0.879. The zero-order chi connectivity index (χ0) is 13.8. The maximum absolute atomic E-state index is 5.58. The van der Waals surface area contributed by atoms with E-state index in [1.165, 1.54) is 5.56 Å². The van der Waals surface area contributed by atoms with Crippen LogP contribution < -0.4 is 5.32 Å². The molecule has 3 nitrogen and oxygen atoms in total. The van der Waals surface area contributed by atoms with Crippen LogP contribution in [0.1, 0.15) is 23.9 Å². The molecule has 5 heteroatoms. The number of nitrogens with one attached hydrogen (secondary N) is 1. The highest BCUT2D eigenvalue weighted by Gasteiger charge is 2.09. The molecule has 102 valence electrons. The van der Waals surface area contributed by atoms with Crippen molar-refractivity contribution in [1.82, 2.24) is 10.3 Å². The van der Waals surface area contributed by atoms with Crippen molar-refractivity contribution in [2.24, 2.45) is 0 Å². The fourth-order valence-electron chi connectivity index (χ4n) is 1.58. The van der Waals surface area contributed by atoms with Gasteiger partial charge in [-0.3, -0.25) is 0 Å². The number of rotatable bonds is 5. The first kappa shape index (κ1) is 14.6. The minimum absolute atomic E-state index is 0.696. The van der Waals surface area contributed by atoms with E-state index in [0.717, 1.165) is 33.9 Å². The van der Waals surface area contributed by atoms with Crippen LogP contribution in [0, 0.1) is 13.8 Å². The molecule has 0 radical (unpaired) electrons. The number of oxazole rings is 1. The third-order valence-corrected chi connectivity index (χ3v) is 4.38. The molecule has 0 fully saturated rings. The van der Waals surface area contributed by atoms with Crippen LogP contribution in [0.25, 0.3) is 0 Å². The van der Waals surface area contributed by atoms with Crippen LogP contribution in [0.3, 0.4) is 0 Å². The Morgan fingerprint density at radius 2 is 2.16 bits per heavy atom. The van der Waals surface area contributed by atoms with Crippen molar-refractivity contribution >= 4 is 27.7 Å². The van der Waals surface area contributed by atoms with E-state index in [9.17, 15) is 0 Å². The summed E-state index contributed by atoms with van der Waals surface area (Å²) in [4.78, 5) is 5.49. The number of benzene rings is 1. The van der Waals surface area contributed by atoms with Gasteiger partial charge in [0.25, 0.3) is 5.22 Å². The van der Waals surface area contributed by atoms with Gasteiger partial charge in [0, 0.05) is 15.9 Å². The molecular formula is C14H17BrN2OS. The highest BCUT2D eigenvalue weighted by molar-refractivity contribution is 9.10. The first-order chi connectivity index (χ1) is 9.10. The van der Waals surface area contributed by atoms with Gasteiger partial charge in [0.1, 0.15) is 5.76 Å². The fraction of sp³-hybridized carbons (Fsp3) is 0.357. The number of halogens is 1. The fourth-order valence-corrected chi connectivity index (χ4v) is 3.12. The monoisotopic (exact) mass is 340 g/mol. The molecule has 1 heterocycles. The third kappa shape index (κ3) is 3.84. The Hall–Kier alpha value is -0.780. The molecule has 0 atom stereocenters. The van der Waals surface area contributed by atoms with Gasteiger partial charge in [-0.05, 0) is 49.9 Å². The summed E-state index contributed by atoms with van der Waals surface area (Å²) < 4.78 is 6.69. The molecule has 0 aliphatic heterocycles. The maximum atomic E-state index is 5.58. The molecule has 1 aromatic carbocycles. The molecule has 1 aromatic heterocycles. The molecule has 0 aliphatic carbocycles. The minimum Gasteiger partial charge on any atom is -0.436 e. The van der Waals surface area contributed by atoms with E-state index in [2.05, 4.69) is 51.4 Å². The molecule has 0 unspecified atom stereocenters. The van der Waals surface area contributed by atoms with E-state index in [0.29, 0.717) is 5.22 Å². The molecule has 0 bridgehead atoms. The molecule has 2 aromatic rings. The number of hydrogen-bond acceptors (Lipinski definition) is 4. The van der Waals surface area contributed by atoms with Gasteiger partial charge in [-0.2, -0.15) is 0 Å². The zero-order valence-corrected chi connectivity index (χ0v) is 13.7.